The van der Waals surface area contributed by atoms with Crippen LogP contribution in [0.4, 0.5) is 0 Å². The molecule has 1 aromatic carbocycles. The van der Waals surface area contributed by atoms with Crippen LogP contribution in [0, 0.1) is 0 Å². The third kappa shape index (κ3) is 6.77. The normalized spacial score (nSPS) is 17.7. The third-order valence-corrected chi connectivity index (χ3v) is 4.24. The summed E-state index contributed by atoms with van der Waals surface area (Å²) in [5, 5.41) is 9.85. The molecule has 1 aliphatic rings. The van der Waals surface area contributed by atoms with Crippen LogP contribution in [-0.4, -0.2) is 73.6 Å². The third-order valence-electron chi connectivity index (χ3n) is 4.24. The van der Waals surface area contributed by atoms with Gasteiger partial charge in [0.1, 0.15) is 5.75 Å². The van der Waals surface area contributed by atoms with E-state index in [1.807, 2.05) is 32.0 Å². The van der Waals surface area contributed by atoms with Crippen molar-refractivity contribution in [1.82, 2.24) is 9.80 Å². The summed E-state index contributed by atoms with van der Waals surface area (Å²) in [4.78, 5) is 4.77. The smallest absolute Gasteiger partial charge is 0.123 e. The summed E-state index contributed by atoms with van der Waals surface area (Å²) in [5.74, 6) is 0.943. The van der Waals surface area contributed by atoms with Crippen molar-refractivity contribution < 1.29 is 14.6 Å². The van der Waals surface area contributed by atoms with Crippen molar-refractivity contribution in [3.63, 3.8) is 0 Å². The van der Waals surface area contributed by atoms with Gasteiger partial charge in [0.15, 0.2) is 0 Å². The highest BCUT2D eigenvalue weighted by molar-refractivity contribution is 5.33. The second-order valence-electron chi connectivity index (χ2n) is 6.43. The Hall–Kier alpha value is -1.14. The van der Waals surface area contributed by atoms with E-state index in [0.29, 0.717) is 13.2 Å². The maximum Gasteiger partial charge on any atom is 0.123 e. The molecular formula is C19H32N2O3. The molecule has 0 amide bonds. The number of benzene rings is 1. The predicted molar refractivity (Wildman–Crippen MR) is 96.4 cm³/mol. The van der Waals surface area contributed by atoms with Gasteiger partial charge in [-0.25, -0.2) is 0 Å². The first-order valence-corrected chi connectivity index (χ1v) is 9.10. The summed E-state index contributed by atoms with van der Waals surface area (Å²) in [6, 6.07) is 8.18. The molecule has 1 atom stereocenters. The average Bonchev–Trinajstić information content (AvgIpc) is 2.83. The number of nitrogens with zero attached hydrogens (tertiary/aromatic N) is 2. The summed E-state index contributed by atoms with van der Waals surface area (Å²) in [6.45, 7) is 11.7. The Bertz CT molecular complexity index is 460. The predicted octanol–water partition coefficient (Wildman–Crippen LogP) is 1.99. The quantitative estimate of drug-likeness (QED) is 0.747. The van der Waals surface area contributed by atoms with Gasteiger partial charge in [0.2, 0.25) is 0 Å². The molecule has 5 heteroatoms. The summed E-state index contributed by atoms with van der Waals surface area (Å²) >= 11 is 0. The van der Waals surface area contributed by atoms with Crippen LogP contribution >= 0.6 is 0 Å². The summed E-state index contributed by atoms with van der Waals surface area (Å²) in [5.41, 5.74) is 1.18. The fourth-order valence-electron chi connectivity index (χ4n) is 3.08. The van der Waals surface area contributed by atoms with Gasteiger partial charge in [-0.1, -0.05) is 18.2 Å². The number of aliphatic hydroxyl groups excluding tert-OH is 1. The SMILES string of the molecule is CCOc1ccccc1CN(CCN1CCCOCC1)CC(C)O. The standard InChI is InChI=1S/C19H32N2O3/c1-3-24-19-8-5-4-7-18(19)16-21(15-17(2)22)11-10-20-9-6-13-23-14-12-20/h4-5,7-8,17,22H,3,6,9-16H2,1-2H3. The van der Waals surface area contributed by atoms with Crippen molar-refractivity contribution in [2.75, 3.05) is 52.5 Å². The first kappa shape index (κ1) is 19.2. The van der Waals surface area contributed by atoms with Crippen molar-refractivity contribution >= 4 is 0 Å². The number of hydrogen-bond acceptors (Lipinski definition) is 5. The Balaban J connectivity index is 1.94. The zero-order valence-electron chi connectivity index (χ0n) is 15.1. The van der Waals surface area contributed by atoms with Gasteiger partial charge >= 0.3 is 0 Å². The maximum atomic E-state index is 9.85. The lowest BCUT2D eigenvalue weighted by atomic mass is 10.1. The van der Waals surface area contributed by atoms with E-state index >= 15 is 0 Å². The Morgan fingerprint density at radius 2 is 2.12 bits per heavy atom. The van der Waals surface area contributed by atoms with Crippen LogP contribution in [0.15, 0.2) is 24.3 Å². The van der Waals surface area contributed by atoms with E-state index in [2.05, 4.69) is 15.9 Å². The van der Waals surface area contributed by atoms with Gasteiger partial charge < -0.3 is 14.6 Å². The van der Waals surface area contributed by atoms with Gasteiger partial charge in [0.25, 0.3) is 0 Å². The highest BCUT2D eigenvalue weighted by Gasteiger charge is 2.15. The fraction of sp³-hybridized carbons (Fsp3) is 0.684. The Labute approximate surface area is 146 Å². The molecule has 5 nitrogen and oxygen atoms in total. The lowest BCUT2D eigenvalue weighted by Gasteiger charge is -2.28. The van der Waals surface area contributed by atoms with E-state index in [1.165, 1.54) is 5.56 Å². The summed E-state index contributed by atoms with van der Waals surface area (Å²) in [7, 11) is 0. The van der Waals surface area contributed by atoms with Crippen molar-refractivity contribution in [1.29, 1.82) is 0 Å². The molecule has 1 heterocycles. The Morgan fingerprint density at radius 1 is 1.29 bits per heavy atom. The lowest BCUT2D eigenvalue weighted by Crippen LogP contribution is -2.39. The molecule has 1 unspecified atom stereocenters. The fourth-order valence-corrected chi connectivity index (χ4v) is 3.08. The first-order chi connectivity index (χ1) is 11.7. The summed E-state index contributed by atoms with van der Waals surface area (Å²) < 4.78 is 11.3. The summed E-state index contributed by atoms with van der Waals surface area (Å²) in [6.07, 6.45) is 0.764. The molecule has 1 aromatic rings. The molecule has 1 aliphatic heterocycles. The number of ether oxygens (including phenoxy) is 2. The topological polar surface area (TPSA) is 45.2 Å². The van der Waals surface area contributed by atoms with Crippen LogP contribution < -0.4 is 4.74 Å². The van der Waals surface area contributed by atoms with Gasteiger partial charge in [-0.15, -0.1) is 0 Å². The van der Waals surface area contributed by atoms with Gasteiger partial charge in [-0.2, -0.15) is 0 Å². The van der Waals surface area contributed by atoms with Gasteiger partial charge in [-0.05, 0) is 26.3 Å². The van der Waals surface area contributed by atoms with Crippen LogP contribution in [-0.2, 0) is 11.3 Å². The first-order valence-electron chi connectivity index (χ1n) is 9.10. The lowest BCUT2D eigenvalue weighted by molar-refractivity contribution is 0.107. The van der Waals surface area contributed by atoms with Crippen LogP contribution in [0.25, 0.3) is 0 Å². The molecule has 1 saturated heterocycles. The molecule has 0 aliphatic carbocycles. The molecular weight excluding hydrogens is 304 g/mol. The van der Waals surface area contributed by atoms with Gasteiger partial charge in [0, 0.05) is 51.4 Å². The molecule has 0 saturated carbocycles. The maximum absolute atomic E-state index is 9.85. The molecule has 2 rings (SSSR count). The zero-order chi connectivity index (χ0) is 17.2. The molecule has 0 spiro atoms. The Morgan fingerprint density at radius 3 is 2.92 bits per heavy atom. The second-order valence-corrected chi connectivity index (χ2v) is 6.43. The molecule has 1 fully saturated rings. The van der Waals surface area contributed by atoms with Crippen molar-refractivity contribution in [2.24, 2.45) is 0 Å². The molecule has 0 radical (unpaired) electrons. The minimum Gasteiger partial charge on any atom is -0.494 e. The van der Waals surface area contributed by atoms with Crippen LogP contribution in [0.2, 0.25) is 0 Å². The largest absolute Gasteiger partial charge is 0.494 e. The molecule has 0 bridgehead atoms. The van der Waals surface area contributed by atoms with E-state index in [9.17, 15) is 5.11 Å². The molecule has 1 N–H and O–H groups in total. The monoisotopic (exact) mass is 336 g/mol. The van der Waals surface area contributed by atoms with Crippen molar-refractivity contribution in [2.45, 2.75) is 32.9 Å². The van der Waals surface area contributed by atoms with Crippen molar-refractivity contribution in [3.05, 3.63) is 29.8 Å². The molecule has 136 valence electrons. The van der Waals surface area contributed by atoms with E-state index in [0.717, 1.165) is 58.1 Å². The van der Waals surface area contributed by atoms with Crippen LogP contribution in [0.1, 0.15) is 25.8 Å². The van der Waals surface area contributed by atoms with Crippen LogP contribution in [0.3, 0.4) is 0 Å². The number of aliphatic hydroxyl groups is 1. The molecule has 0 aromatic heterocycles. The number of para-hydroxylation sites is 1. The minimum atomic E-state index is -0.336. The minimum absolute atomic E-state index is 0.336. The van der Waals surface area contributed by atoms with Gasteiger partial charge in [0.05, 0.1) is 19.3 Å². The van der Waals surface area contributed by atoms with Crippen LogP contribution in [0.5, 0.6) is 5.75 Å². The van der Waals surface area contributed by atoms with E-state index in [1.54, 1.807) is 0 Å². The van der Waals surface area contributed by atoms with Gasteiger partial charge in [-0.3, -0.25) is 9.80 Å². The van der Waals surface area contributed by atoms with E-state index in [4.69, 9.17) is 9.47 Å². The van der Waals surface area contributed by atoms with E-state index in [-0.39, 0.29) is 6.10 Å². The van der Waals surface area contributed by atoms with Crippen molar-refractivity contribution in [3.8, 4) is 5.75 Å². The molecule has 24 heavy (non-hydrogen) atoms. The average molecular weight is 336 g/mol. The van der Waals surface area contributed by atoms with E-state index < -0.39 is 0 Å². The second kappa shape index (κ2) is 10.7. The highest BCUT2D eigenvalue weighted by atomic mass is 16.5. The number of hydrogen-bond donors (Lipinski definition) is 1. The Kier molecular flexibility index (Phi) is 8.53. The highest BCUT2D eigenvalue weighted by Crippen LogP contribution is 2.20. The zero-order valence-corrected chi connectivity index (χ0v) is 15.1. The number of rotatable bonds is 9.